The minimum Gasteiger partial charge on any atom is -0.394 e. The molecule has 0 spiro atoms. The lowest BCUT2D eigenvalue weighted by molar-refractivity contribution is -0.118. The Kier molecular flexibility index (Phi) is 6.80. The summed E-state index contributed by atoms with van der Waals surface area (Å²) in [4.78, 5) is 12.2. The minimum atomic E-state index is -0.452. The fourth-order valence-electron chi connectivity index (χ4n) is 3.09. The first-order chi connectivity index (χ1) is 12.0. The Labute approximate surface area is 149 Å². The predicted octanol–water partition coefficient (Wildman–Crippen LogP) is 2.08. The number of carbonyl (C=O) groups is 1. The number of hydrogen-bond acceptors (Lipinski definition) is 4. The first-order valence-electron chi connectivity index (χ1n) is 8.82. The topological polar surface area (TPSA) is 87.3 Å². The van der Waals surface area contributed by atoms with Gasteiger partial charge in [0, 0.05) is 24.5 Å². The number of nitriles is 1. The number of amides is 1. The second-order valence-electron chi connectivity index (χ2n) is 6.50. The molecular weight excluding hydrogens is 318 g/mol. The van der Waals surface area contributed by atoms with Gasteiger partial charge in [0.1, 0.15) is 11.6 Å². The Morgan fingerprint density at radius 1 is 1.60 bits per heavy atom. The van der Waals surface area contributed by atoms with Crippen molar-refractivity contribution in [3.05, 3.63) is 28.6 Å². The number of nitrogens with one attached hydrogen (secondary N) is 1. The molecule has 0 saturated carbocycles. The summed E-state index contributed by atoms with van der Waals surface area (Å²) >= 11 is 0. The van der Waals surface area contributed by atoms with Gasteiger partial charge in [-0.25, -0.2) is 0 Å². The van der Waals surface area contributed by atoms with E-state index in [1.807, 2.05) is 32.9 Å². The lowest BCUT2D eigenvalue weighted by Gasteiger charge is -2.15. The Bertz CT molecular complexity index is 675. The molecule has 0 aromatic carbocycles. The second kappa shape index (κ2) is 8.84. The molecule has 1 aromatic heterocycles. The van der Waals surface area contributed by atoms with E-state index >= 15 is 0 Å². The Balaban J connectivity index is 2.20. The van der Waals surface area contributed by atoms with Crippen LogP contribution in [0, 0.1) is 25.2 Å². The molecule has 136 valence electrons. The van der Waals surface area contributed by atoms with Crippen LogP contribution in [0.1, 0.15) is 43.1 Å². The van der Waals surface area contributed by atoms with Crippen LogP contribution in [-0.2, 0) is 16.1 Å². The van der Waals surface area contributed by atoms with Crippen molar-refractivity contribution < 1.29 is 14.6 Å². The molecule has 0 aliphatic carbocycles. The summed E-state index contributed by atoms with van der Waals surface area (Å²) in [6.07, 6.45) is 4.62. The van der Waals surface area contributed by atoms with Gasteiger partial charge in [-0.2, -0.15) is 5.26 Å². The number of nitrogens with zero attached hydrogens (tertiary/aromatic N) is 2. The van der Waals surface area contributed by atoms with E-state index in [-0.39, 0.29) is 24.3 Å². The van der Waals surface area contributed by atoms with E-state index in [0.29, 0.717) is 6.42 Å². The Hall–Kier alpha value is -2.10. The lowest BCUT2D eigenvalue weighted by atomic mass is 10.1. The highest BCUT2D eigenvalue weighted by molar-refractivity contribution is 6.02. The largest absolute Gasteiger partial charge is 0.394 e. The molecule has 2 heterocycles. The van der Waals surface area contributed by atoms with Gasteiger partial charge in [-0.05, 0) is 50.8 Å². The zero-order valence-electron chi connectivity index (χ0n) is 15.2. The van der Waals surface area contributed by atoms with Gasteiger partial charge in [-0.1, -0.05) is 6.92 Å². The van der Waals surface area contributed by atoms with E-state index in [1.165, 1.54) is 0 Å². The quantitative estimate of drug-likeness (QED) is 0.585. The maximum Gasteiger partial charge on any atom is 0.262 e. The minimum absolute atomic E-state index is 0.0456. The first kappa shape index (κ1) is 19.2. The number of ether oxygens (including phenoxy) is 1. The third kappa shape index (κ3) is 4.71. The molecule has 0 bridgehead atoms. The molecule has 1 aliphatic heterocycles. The van der Waals surface area contributed by atoms with Crippen LogP contribution in [0.25, 0.3) is 6.08 Å². The predicted molar refractivity (Wildman–Crippen MR) is 95.8 cm³/mol. The van der Waals surface area contributed by atoms with Gasteiger partial charge in [0.15, 0.2) is 0 Å². The maximum atomic E-state index is 12.2. The van der Waals surface area contributed by atoms with E-state index in [9.17, 15) is 15.2 Å². The standard InChI is InChI=1S/C19H27N3O3/c1-4-17(12-23)21-19(24)16(10-20)9-15-8-13(2)22(14(15)3)11-18-6-5-7-25-18/h8-9,17-18,23H,4-7,11-12H2,1-3H3,(H,21,24)/b16-9+. The van der Waals surface area contributed by atoms with Crippen molar-refractivity contribution in [1.29, 1.82) is 5.26 Å². The number of rotatable bonds is 7. The number of aliphatic hydroxyl groups excluding tert-OH is 1. The van der Waals surface area contributed by atoms with Crippen LogP contribution < -0.4 is 5.32 Å². The highest BCUT2D eigenvalue weighted by atomic mass is 16.5. The summed E-state index contributed by atoms with van der Waals surface area (Å²) in [5.41, 5.74) is 3.00. The molecule has 2 N–H and O–H groups in total. The van der Waals surface area contributed by atoms with Crippen LogP contribution in [0.4, 0.5) is 0 Å². The van der Waals surface area contributed by atoms with Gasteiger partial charge < -0.3 is 19.7 Å². The molecule has 1 aromatic rings. The van der Waals surface area contributed by atoms with Gasteiger partial charge in [-0.3, -0.25) is 4.79 Å². The zero-order valence-corrected chi connectivity index (χ0v) is 15.2. The average Bonchev–Trinajstić information content (AvgIpc) is 3.21. The van der Waals surface area contributed by atoms with Gasteiger partial charge in [0.25, 0.3) is 5.91 Å². The molecule has 1 amide bonds. The first-order valence-corrected chi connectivity index (χ1v) is 8.82. The van der Waals surface area contributed by atoms with Crippen molar-refractivity contribution in [2.45, 2.75) is 58.7 Å². The molecule has 1 aliphatic rings. The molecule has 25 heavy (non-hydrogen) atoms. The van der Waals surface area contributed by atoms with Crippen molar-refractivity contribution in [3.63, 3.8) is 0 Å². The Morgan fingerprint density at radius 3 is 2.92 bits per heavy atom. The third-order valence-corrected chi connectivity index (χ3v) is 4.74. The van der Waals surface area contributed by atoms with Gasteiger partial charge in [0.2, 0.25) is 0 Å². The highest BCUT2D eigenvalue weighted by Gasteiger charge is 2.19. The summed E-state index contributed by atoms with van der Waals surface area (Å²) < 4.78 is 7.89. The molecule has 6 nitrogen and oxygen atoms in total. The summed E-state index contributed by atoms with van der Waals surface area (Å²) in [6.45, 7) is 7.35. The van der Waals surface area contributed by atoms with E-state index < -0.39 is 5.91 Å². The van der Waals surface area contributed by atoms with Crippen LogP contribution in [-0.4, -0.2) is 40.9 Å². The number of carbonyl (C=O) groups excluding carboxylic acids is 1. The maximum absolute atomic E-state index is 12.2. The second-order valence-corrected chi connectivity index (χ2v) is 6.50. The smallest absolute Gasteiger partial charge is 0.262 e. The van der Waals surface area contributed by atoms with E-state index in [0.717, 1.165) is 42.9 Å². The van der Waals surface area contributed by atoms with Crippen LogP contribution in [0.15, 0.2) is 11.6 Å². The summed E-state index contributed by atoms with van der Waals surface area (Å²) in [6, 6.07) is 3.61. The van der Waals surface area contributed by atoms with E-state index in [1.54, 1.807) is 6.08 Å². The average molecular weight is 345 g/mol. The normalized spacial score (nSPS) is 18.8. The zero-order chi connectivity index (χ0) is 18.4. The highest BCUT2D eigenvalue weighted by Crippen LogP contribution is 2.22. The summed E-state index contributed by atoms with van der Waals surface area (Å²) in [7, 11) is 0. The third-order valence-electron chi connectivity index (χ3n) is 4.74. The number of aromatic nitrogens is 1. The van der Waals surface area contributed by atoms with Crippen LogP contribution in [0.3, 0.4) is 0 Å². The Morgan fingerprint density at radius 2 is 2.36 bits per heavy atom. The van der Waals surface area contributed by atoms with Gasteiger partial charge in [0.05, 0.1) is 18.8 Å². The molecule has 1 saturated heterocycles. The van der Waals surface area contributed by atoms with Gasteiger partial charge in [-0.15, -0.1) is 0 Å². The van der Waals surface area contributed by atoms with Crippen molar-refractivity contribution in [1.82, 2.24) is 9.88 Å². The molecule has 0 radical (unpaired) electrons. The SMILES string of the molecule is CCC(CO)NC(=O)/C(C#N)=C/c1cc(C)n(CC2CCCO2)c1C. The fourth-order valence-corrected chi connectivity index (χ4v) is 3.09. The van der Waals surface area contributed by atoms with Crippen molar-refractivity contribution in [2.75, 3.05) is 13.2 Å². The van der Waals surface area contributed by atoms with E-state index in [2.05, 4.69) is 9.88 Å². The lowest BCUT2D eigenvalue weighted by Crippen LogP contribution is -2.37. The molecule has 2 unspecified atom stereocenters. The van der Waals surface area contributed by atoms with Crippen molar-refractivity contribution in [2.24, 2.45) is 0 Å². The molecule has 2 atom stereocenters. The van der Waals surface area contributed by atoms with Crippen LogP contribution >= 0.6 is 0 Å². The van der Waals surface area contributed by atoms with Gasteiger partial charge >= 0.3 is 0 Å². The molecule has 6 heteroatoms. The van der Waals surface area contributed by atoms with Crippen LogP contribution in [0.5, 0.6) is 0 Å². The number of aryl methyl sites for hydroxylation is 1. The molecule has 2 rings (SSSR count). The summed E-state index contributed by atoms with van der Waals surface area (Å²) in [5.74, 6) is -0.452. The van der Waals surface area contributed by atoms with Crippen molar-refractivity contribution in [3.8, 4) is 6.07 Å². The van der Waals surface area contributed by atoms with Crippen molar-refractivity contribution >= 4 is 12.0 Å². The fraction of sp³-hybridized carbons (Fsp3) is 0.579. The number of hydrogen-bond donors (Lipinski definition) is 2. The monoisotopic (exact) mass is 345 g/mol. The van der Waals surface area contributed by atoms with E-state index in [4.69, 9.17) is 4.74 Å². The molecular formula is C19H27N3O3. The van der Waals surface area contributed by atoms with Crippen LogP contribution in [0.2, 0.25) is 0 Å². The summed E-state index contributed by atoms with van der Waals surface area (Å²) in [5, 5.41) is 21.2. The molecule has 1 fully saturated rings. The number of aliphatic hydroxyl groups is 1.